The second-order valence-electron chi connectivity index (χ2n) is 4.80. The van der Waals surface area contributed by atoms with Crippen LogP contribution in [0.3, 0.4) is 0 Å². The summed E-state index contributed by atoms with van der Waals surface area (Å²) in [6.07, 6.45) is -0.917. The van der Waals surface area contributed by atoms with Crippen LogP contribution in [-0.2, 0) is 28.5 Å². The Kier molecular flexibility index (Phi) is 6.01. The number of rotatable bonds is 6. The molecule has 0 aromatic carbocycles. The van der Waals surface area contributed by atoms with Gasteiger partial charge in [-0.3, -0.25) is 9.59 Å². The maximum atomic E-state index is 11.1. The van der Waals surface area contributed by atoms with Crippen LogP contribution in [0.1, 0.15) is 40.5 Å². The lowest BCUT2D eigenvalue weighted by atomic mass is 10.1. The van der Waals surface area contributed by atoms with Crippen LogP contribution in [0.25, 0.3) is 0 Å². The number of hydrogen-bond donors (Lipinski definition) is 0. The highest BCUT2D eigenvalue weighted by atomic mass is 16.7. The molecule has 0 radical (unpaired) electrons. The van der Waals surface area contributed by atoms with Crippen molar-refractivity contribution in [1.29, 1.82) is 0 Å². The molecule has 1 fully saturated rings. The van der Waals surface area contributed by atoms with Gasteiger partial charge in [-0.05, 0) is 13.3 Å². The van der Waals surface area contributed by atoms with Crippen molar-refractivity contribution >= 4 is 11.9 Å². The van der Waals surface area contributed by atoms with E-state index in [2.05, 4.69) is 6.58 Å². The lowest BCUT2D eigenvalue weighted by molar-refractivity contribution is -0.196. The molecule has 0 amide bonds. The molecule has 4 atom stereocenters. The van der Waals surface area contributed by atoms with Gasteiger partial charge in [0, 0.05) is 20.3 Å². The normalized spacial score (nSPS) is 26.7. The summed E-state index contributed by atoms with van der Waals surface area (Å²) in [4.78, 5) is 22.2. The number of hydrogen-bond acceptors (Lipinski definition) is 6. The van der Waals surface area contributed by atoms with E-state index < -0.39 is 18.4 Å². The van der Waals surface area contributed by atoms with Crippen LogP contribution in [0, 0.1) is 0 Å². The summed E-state index contributed by atoms with van der Waals surface area (Å²) in [5.74, 6) is -0.308. The predicted molar refractivity (Wildman–Crippen MR) is 70.6 cm³/mol. The van der Waals surface area contributed by atoms with Crippen LogP contribution in [-0.4, -0.2) is 36.5 Å². The Balaban J connectivity index is 2.73. The number of carbonyl (C=O) groups is 2. The molecule has 1 aliphatic rings. The van der Waals surface area contributed by atoms with Gasteiger partial charge in [-0.25, -0.2) is 0 Å². The third-order valence-electron chi connectivity index (χ3n) is 2.85. The van der Waals surface area contributed by atoms with Gasteiger partial charge in [-0.15, -0.1) is 0 Å². The topological polar surface area (TPSA) is 71.1 Å². The maximum absolute atomic E-state index is 11.1. The molecule has 1 saturated heterocycles. The van der Waals surface area contributed by atoms with Gasteiger partial charge in [-0.2, -0.15) is 0 Å². The first kappa shape index (κ1) is 16.5. The molecular weight excluding hydrogens is 264 g/mol. The van der Waals surface area contributed by atoms with Crippen molar-refractivity contribution in [2.75, 3.05) is 0 Å². The highest BCUT2D eigenvalue weighted by molar-refractivity contribution is 5.66. The summed E-state index contributed by atoms with van der Waals surface area (Å²) < 4.78 is 21.5. The minimum absolute atomic E-state index is 0.363. The van der Waals surface area contributed by atoms with Gasteiger partial charge >= 0.3 is 11.9 Å². The van der Waals surface area contributed by atoms with Crippen molar-refractivity contribution in [2.24, 2.45) is 0 Å². The van der Waals surface area contributed by atoms with Crippen molar-refractivity contribution in [3.63, 3.8) is 0 Å². The fourth-order valence-electron chi connectivity index (χ4n) is 2.16. The van der Waals surface area contributed by atoms with E-state index in [-0.39, 0.29) is 18.2 Å². The first-order valence-electron chi connectivity index (χ1n) is 6.65. The predicted octanol–water partition coefficient (Wildman–Crippen LogP) is 1.92. The van der Waals surface area contributed by atoms with Crippen LogP contribution in [0.2, 0.25) is 0 Å². The quantitative estimate of drug-likeness (QED) is 0.549. The molecule has 6 nitrogen and oxygen atoms in total. The van der Waals surface area contributed by atoms with E-state index in [1.807, 2.05) is 6.92 Å². The van der Waals surface area contributed by atoms with Gasteiger partial charge < -0.3 is 18.9 Å². The zero-order valence-electron chi connectivity index (χ0n) is 12.4. The zero-order chi connectivity index (χ0) is 15.3. The Labute approximate surface area is 119 Å². The van der Waals surface area contributed by atoms with Crippen molar-refractivity contribution in [1.82, 2.24) is 0 Å². The number of allylic oxidation sites excluding steroid dienone is 1. The molecule has 1 aliphatic heterocycles. The number of esters is 2. The molecule has 0 spiro atoms. The van der Waals surface area contributed by atoms with E-state index in [4.69, 9.17) is 18.9 Å². The smallest absolute Gasteiger partial charge is 0.305 e. The van der Waals surface area contributed by atoms with Gasteiger partial charge in [0.1, 0.15) is 12.2 Å². The average Bonchev–Trinajstić information content (AvgIpc) is 2.67. The summed E-state index contributed by atoms with van der Waals surface area (Å²) in [7, 11) is 0. The van der Waals surface area contributed by atoms with Crippen molar-refractivity contribution < 1.29 is 28.5 Å². The van der Waals surface area contributed by atoms with Gasteiger partial charge in [0.05, 0.1) is 5.76 Å². The average molecular weight is 286 g/mol. The van der Waals surface area contributed by atoms with Crippen molar-refractivity contribution in [3.8, 4) is 0 Å². The summed E-state index contributed by atoms with van der Waals surface area (Å²) >= 11 is 0. The third kappa shape index (κ3) is 4.85. The Morgan fingerprint density at radius 1 is 1.25 bits per heavy atom. The molecule has 0 aliphatic carbocycles. The minimum atomic E-state index is -0.807. The number of carbonyl (C=O) groups excluding carboxylic acids is 2. The standard InChI is InChI=1S/C14H22O6/c1-6-11(18-9(4)15)12-7-13(17-8(2)3)14(20-12)19-10(5)16/h11-14H,2,6-7H2,1,3-5H3/t11-,12-,13+,14?/m0/s1. The lowest BCUT2D eigenvalue weighted by Gasteiger charge is -2.21. The maximum Gasteiger partial charge on any atom is 0.305 e. The molecule has 1 heterocycles. The van der Waals surface area contributed by atoms with E-state index in [0.717, 1.165) is 0 Å². The summed E-state index contributed by atoms with van der Waals surface area (Å²) in [6, 6.07) is 0. The molecular formula is C14H22O6. The molecule has 6 heteroatoms. The first-order chi connectivity index (χ1) is 9.33. The van der Waals surface area contributed by atoms with Crippen LogP contribution in [0.15, 0.2) is 12.3 Å². The molecule has 0 aromatic rings. The van der Waals surface area contributed by atoms with Gasteiger partial charge in [0.2, 0.25) is 6.29 Å². The Morgan fingerprint density at radius 3 is 2.35 bits per heavy atom. The summed E-state index contributed by atoms with van der Waals surface area (Å²) in [5.41, 5.74) is 0. The molecule has 114 valence electrons. The largest absolute Gasteiger partial charge is 0.489 e. The number of ether oxygens (including phenoxy) is 4. The molecule has 1 unspecified atom stereocenters. The molecule has 0 aromatic heterocycles. The van der Waals surface area contributed by atoms with E-state index >= 15 is 0 Å². The fourth-order valence-corrected chi connectivity index (χ4v) is 2.16. The highest BCUT2D eigenvalue weighted by Crippen LogP contribution is 2.30. The van der Waals surface area contributed by atoms with E-state index in [0.29, 0.717) is 18.6 Å². The van der Waals surface area contributed by atoms with Crippen LogP contribution in [0.5, 0.6) is 0 Å². The lowest BCUT2D eigenvalue weighted by Crippen LogP contribution is -2.31. The van der Waals surface area contributed by atoms with Gasteiger partial charge in [0.25, 0.3) is 0 Å². The molecule has 0 saturated carbocycles. The molecule has 0 bridgehead atoms. The third-order valence-corrected chi connectivity index (χ3v) is 2.85. The van der Waals surface area contributed by atoms with E-state index in [1.165, 1.54) is 13.8 Å². The van der Waals surface area contributed by atoms with E-state index in [1.54, 1.807) is 6.92 Å². The van der Waals surface area contributed by atoms with Crippen molar-refractivity contribution in [2.45, 2.75) is 65.1 Å². The zero-order valence-corrected chi connectivity index (χ0v) is 12.4. The van der Waals surface area contributed by atoms with Crippen LogP contribution >= 0.6 is 0 Å². The van der Waals surface area contributed by atoms with E-state index in [9.17, 15) is 9.59 Å². The molecule has 0 N–H and O–H groups in total. The molecule has 20 heavy (non-hydrogen) atoms. The Morgan fingerprint density at radius 2 is 1.90 bits per heavy atom. The van der Waals surface area contributed by atoms with Gasteiger partial charge in [-0.1, -0.05) is 13.5 Å². The van der Waals surface area contributed by atoms with Gasteiger partial charge in [0.15, 0.2) is 6.10 Å². The van der Waals surface area contributed by atoms with Crippen LogP contribution < -0.4 is 0 Å². The summed E-state index contributed by atoms with van der Waals surface area (Å²) in [6.45, 7) is 9.92. The minimum Gasteiger partial charge on any atom is -0.489 e. The SMILES string of the molecule is C=C(C)O[C@@H]1C[C@@H]([C@H](CC)OC(C)=O)OC1OC(C)=O. The monoisotopic (exact) mass is 286 g/mol. The van der Waals surface area contributed by atoms with Crippen molar-refractivity contribution in [3.05, 3.63) is 12.3 Å². The Hall–Kier alpha value is -1.56. The summed E-state index contributed by atoms with van der Waals surface area (Å²) in [5, 5.41) is 0. The second-order valence-corrected chi connectivity index (χ2v) is 4.80. The fraction of sp³-hybridized carbons (Fsp3) is 0.714. The highest BCUT2D eigenvalue weighted by Gasteiger charge is 2.43. The molecule has 1 rings (SSSR count). The first-order valence-corrected chi connectivity index (χ1v) is 6.65. The Bertz CT molecular complexity index is 354. The van der Waals surface area contributed by atoms with Crippen LogP contribution in [0.4, 0.5) is 0 Å². The second kappa shape index (κ2) is 7.28.